The van der Waals surface area contributed by atoms with Crippen molar-refractivity contribution in [2.24, 2.45) is 7.05 Å². The quantitative estimate of drug-likeness (QED) is 0.829. The van der Waals surface area contributed by atoms with E-state index in [-0.39, 0.29) is 12.0 Å². The van der Waals surface area contributed by atoms with Gasteiger partial charge in [-0.25, -0.2) is 14.8 Å². The Balaban J connectivity index is 1.39. The number of fused-ring (bicyclic) bond motifs is 1. The summed E-state index contributed by atoms with van der Waals surface area (Å²) in [5.41, 5.74) is 1.14. The molecule has 0 bridgehead atoms. The van der Waals surface area contributed by atoms with Gasteiger partial charge < -0.3 is 19.1 Å². The Bertz CT molecular complexity index is 848. The van der Waals surface area contributed by atoms with Crippen molar-refractivity contribution in [2.75, 3.05) is 26.7 Å². The minimum atomic E-state index is -0.524. The maximum atomic E-state index is 12.6. The lowest BCUT2D eigenvalue weighted by molar-refractivity contribution is -0.130. The number of amides is 2. The second-order valence-electron chi connectivity index (χ2n) is 6.91. The van der Waals surface area contributed by atoms with Gasteiger partial charge in [-0.1, -0.05) is 0 Å². The Labute approximate surface area is 145 Å². The van der Waals surface area contributed by atoms with Crippen molar-refractivity contribution in [2.45, 2.75) is 24.9 Å². The molecule has 2 saturated heterocycles. The molecule has 25 heavy (non-hydrogen) atoms. The standard InChI is InChI=1S/C17H21N5O3/c1-20-10-17(25-16(20)24)7-9-22(11-17)14(23)6-5-13-19-12-4-3-8-18-15(12)21(13)2/h3-4,8H,5-7,9-11H2,1-2H3/t17-/m0/s1. The molecule has 0 radical (unpaired) electrons. The summed E-state index contributed by atoms with van der Waals surface area (Å²) in [7, 11) is 3.64. The van der Waals surface area contributed by atoms with E-state index in [4.69, 9.17) is 4.74 Å². The Morgan fingerprint density at radius 2 is 2.20 bits per heavy atom. The Hall–Kier alpha value is -2.64. The number of ether oxygens (including phenoxy) is 1. The van der Waals surface area contributed by atoms with Gasteiger partial charge >= 0.3 is 6.09 Å². The average molecular weight is 343 g/mol. The zero-order chi connectivity index (χ0) is 17.6. The molecule has 1 atom stereocenters. The molecule has 0 unspecified atom stereocenters. The molecular weight excluding hydrogens is 322 g/mol. The number of nitrogens with zero attached hydrogens (tertiary/aromatic N) is 5. The van der Waals surface area contributed by atoms with Crippen molar-refractivity contribution in [1.82, 2.24) is 24.3 Å². The van der Waals surface area contributed by atoms with Crippen LogP contribution >= 0.6 is 0 Å². The van der Waals surface area contributed by atoms with Gasteiger partial charge in [-0.05, 0) is 12.1 Å². The minimum absolute atomic E-state index is 0.0718. The highest BCUT2D eigenvalue weighted by molar-refractivity contribution is 5.78. The molecule has 2 fully saturated rings. The first-order valence-electron chi connectivity index (χ1n) is 8.46. The van der Waals surface area contributed by atoms with Gasteiger partial charge in [-0.2, -0.15) is 0 Å². The van der Waals surface area contributed by atoms with E-state index in [9.17, 15) is 9.59 Å². The van der Waals surface area contributed by atoms with Gasteiger partial charge in [-0.15, -0.1) is 0 Å². The summed E-state index contributed by atoms with van der Waals surface area (Å²) in [5, 5.41) is 0. The van der Waals surface area contributed by atoms with Crippen molar-refractivity contribution >= 4 is 23.2 Å². The summed E-state index contributed by atoms with van der Waals surface area (Å²) in [6.07, 6.45) is 3.08. The predicted molar refractivity (Wildman–Crippen MR) is 89.9 cm³/mol. The smallest absolute Gasteiger partial charge is 0.410 e. The molecule has 4 heterocycles. The van der Waals surface area contributed by atoms with Crippen molar-refractivity contribution < 1.29 is 14.3 Å². The van der Waals surface area contributed by atoms with Gasteiger partial charge in [0.05, 0.1) is 13.1 Å². The Morgan fingerprint density at radius 3 is 2.92 bits per heavy atom. The number of imidazole rings is 1. The van der Waals surface area contributed by atoms with E-state index in [0.29, 0.717) is 38.9 Å². The molecule has 2 aromatic rings. The molecule has 2 aliphatic heterocycles. The normalized spacial score (nSPS) is 23.0. The molecule has 132 valence electrons. The van der Waals surface area contributed by atoms with Crippen molar-refractivity contribution in [3.8, 4) is 0 Å². The first kappa shape index (κ1) is 15.9. The molecule has 1 spiro atoms. The highest BCUT2D eigenvalue weighted by Gasteiger charge is 2.49. The lowest BCUT2D eigenvalue weighted by atomic mass is 10.0. The summed E-state index contributed by atoms with van der Waals surface area (Å²) < 4.78 is 7.42. The van der Waals surface area contributed by atoms with Gasteiger partial charge in [0.25, 0.3) is 0 Å². The van der Waals surface area contributed by atoms with Crippen molar-refractivity contribution in [3.63, 3.8) is 0 Å². The van der Waals surface area contributed by atoms with E-state index in [1.54, 1.807) is 23.0 Å². The highest BCUT2D eigenvalue weighted by Crippen LogP contribution is 2.32. The Morgan fingerprint density at radius 1 is 1.36 bits per heavy atom. The first-order valence-corrected chi connectivity index (χ1v) is 8.46. The van der Waals surface area contributed by atoms with Crippen LogP contribution in [0.3, 0.4) is 0 Å². The molecule has 0 aliphatic carbocycles. The zero-order valence-corrected chi connectivity index (χ0v) is 14.4. The van der Waals surface area contributed by atoms with Gasteiger partial charge in [0.2, 0.25) is 5.91 Å². The summed E-state index contributed by atoms with van der Waals surface area (Å²) >= 11 is 0. The molecule has 0 saturated carbocycles. The van der Waals surface area contributed by atoms with Crippen LogP contribution in [0.15, 0.2) is 18.3 Å². The molecule has 2 aromatic heterocycles. The second kappa shape index (κ2) is 5.72. The summed E-state index contributed by atoms with van der Waals surface area (Å²) in [4.78, 5) is 36.4. The number of carbonyl (C=O) groups is 2. The Kier molecular flexibility index (Phi) is 3.63. The third kappa shape index (κ3) is 2.71. The third-order valence-electron chi connectivity index (χ3n) is 5.09. The number of carbonyl (C=O) groups excluding carboxylic acids is 2. The maximum Gasteiger partial charge on any atom is 0.410 e. The summed E-state index contributed by atoms with van der Waals surface area (Å²) in [5.74, 6) is 0.922. The molecule has 0 N–H and O–H groups in total. The lowest BCUT2D eigenvalue weighted by Gasteiger charge is -2.21. The minimum Gasteiger partial charge on any atom is -0.439 e. The maximum absolute atomic E-state index is 12.6. The van der Waals surface area contributed by atoms with Gasteiger partial charge in [0, 0.05) is 46.1 Å². The van der Waals surface area contributed by atoms with E-state index >= 15 is 0 Å². The van der Waals surface area contributed by atoms with Crippen LogP contribution in [0.2, 0.25) is 0 Å². The second-order valence-corrected chi connectivity index (χ2v) is 6.91. The van der Waals surface area contributed by atoms with E-state index in [1.807, 2.05) is 23.7 Å². The van der Waals surface area contributed by atoms with Gasteiger partial charge in [0.15, 0.2) is 11.2 Å². The molecule has 2 amide bonds. The number of hydrogen-bond donors (Lipinski definition) is 0. The van der Waals surface area contributed by atoms with Gasteiger partial charge in [-0.3, -0.25) is 4.79 Å². The van der Waals surface area contributed by atoms with Crippen LogP contribution in [0.25, 0.3) is 11.2 Å². The molecule has 4 rings (SSSR count). The van der Waals surface area contributed by atoms with Crippen LogP contribution in [0, 0.1) is 0 Å². The summed E-state index contributed by atoms with van der Waals surface area (Å²) in [6.45, 7) is 1.65. The van der Waals surface area contributed by atoms with Crippen LogP contribution in [0.5, 0.6) is 0 Å². The number of aryl methyl sites for hydroxylation is 2. The average Bonchev–Trinajstić information content (AvgIpc) is 3.23. The molecule has 8 heteroatoms. The number of aromatic nitrogens is 3. The fraction of sp³-hybridized carbons (Fsp3) is 0.529. The molecule has 8 nitrogen and oxygen atoms in total. The van der Waals surface area contributed by atoms with Crippen LogP contribution in [-0.2, 0) is 23.0 Å². The third-order valence-corrected chi connectivity index (χ3v) is 5.09. The first-order chi connectivity index (χ1) is 12.0. The van der Waals surface area contributed by atoms with E-state index in [2.05, 4.69) is 9.97 Å². The lowest BCUT2D eigenvalue weighted by Crippen LogP contribution is -2.39. The highest BCUT2D eigenvalue weighted by atomic mass is 16.6. The monoisotopic (exact) mass is 343 g/mol. The molecule has 2 aliphatic rings. The largest absolute Gasteiger partial charge is 0.439 e. The number of likely N-dealkylation sites (tertiary alicyclic amines) is 1. The van der Waals surface area contributed by atoms with E-state index < -0.39 is 5.60 Å². The van der Waals surface area contributed by atoms with Crippen LogP contribution in [-0.4, -0.2) is 68.6 Å². The number of hydrogen-bond acceptors (Lipinski definition) is 5. The fourth-order valence-electron chi connectivity index (χ4n) is 3.73. The number of likely N-dealkylation sites (N-methyl/N-ethyl adjacent to an activating group) is 1. The zero-order valence-electron chi connectivity index (χ0n) is 14.4. The van der Waals surface area contributed by atoms with E-state index in [1.165, 1.54) is 0 Å². The summed E-state index contributed by atoms with van der Waals surface area (Å²) in [6, 6.07) is 3.77. The van der Waals surface area contributed by atoms with Crippen LogP contribution < -0.4 is 0 Å². The van der Waals surface area contributed by atoms with E-state index in [0.717, 1.165) is 17.0 Å². The molecule has 0 aromatic carbocycles. The van der Waals surface area contributed by atoms with Crippen molar-refractivity contribution in [1.29, 1.82) is 0 Å². The van der Waals surface area contributed by atoms with Crippen LogP contribution in [0.4, 0.5) is 4.79 Å². The number of pyridine rings is 1. The topological polar surface area (TPSA) is 80.6 Å². The molecular formula is C17H21N5O3. The van der Waals surface area contributed by atoms with Crippen molar-refractivity contribution in [3.05, 3.63) is 24.2 Å². The predicted octanol–water partition coefficient (Wildman–Crippen LogP) is 0.954. The number of rotatable bonds is 3. The SMILES string of the molecule is CN1C[C@]2(CCN(C(=O)CCc3nc4cccnc4n3C)C2)OC1=O. The van der Waals surface area contributed by atoms with Gasteiger partial charge in [0.1, 0.15) is 11.3 Å². The van der Waals surface area contributed by atoms with Crippen LogP contribution in [0.1, 0.15) is 18.7 Å². The fourth-order valence-corrected chi connectivity index (χ4v) is 3.73.